The van der Waals surface area contributed by atoms with Gasteiger partial charge >= 0.3 is 0 Å². The minimum absolute atomic E-state index is 0.613. The van der Waals surface area contributed by atoms with Gasteiger partial charge in [-0.1, -0.05) is 32.9 Å². The Labute approximate surface area is 112 Å². The van der Waals surface area contributed by atoms with Gasteiger partial charge in [-0.2, -0.15) is 0 Å². The molecule has 18 heavy (non-hydrogen) atoms. The van der Waals surface area contributed by atoms with Crippen molar-refractivity contribution in [2.75, 3.05) is 25.4 Å². The zero-order chi connectivity index (χ0) is 13.4. The van der Waals surface area contributed by atoms with E-state index < -0.39 is 0 Å². The van der Waals surface area contributed by atoms with Gasteiger partial charge in [-0.3, -0.25) is 0 Å². The molecule has 102 valence electrons. The van der Waals surface area contributed by atoms with Gasteiger partial charge in [0.15, 0.2) is 0 Å². The minimum Gasteiger partial charge on any atom is -0.399 e. The third-order valence-corrected chi connectivity index (χ3v) is 3.46. The van der Waals surface area contributed by atoms with Gasteiger partial charge in [-0.05, 0) is 62.5 Å². The summed E-state index contributed by atoms with van der Waals surface area (Å²) in [5.74, 6) is 0.613. The van der Waals surface area contributed by atoms with Crippen LogP contribution in [0.1, 0.15) is 51.5 Å². The van der Waals surface area contributed by atoms with Crippen LogP contribution in [0.2, 0.25) is 0 Å². The third kappa shape index (κ3) is 5.09. The molecule has 2 nitrogen and oxygen atoms in total. The van der Waals surface area contributed by atoms with Crippen LogP contribution in [0.15, 0.2) is 24.3 Å². The van der Waals surface area contributed by atoms with E-state index in [1.165, 1.54) is 44.5 Å². The number of rotatable bonds is 8. The Hall–Kier alpha value is -1.02. The molecule has 0 bridgehead atoms. The first-order chi connectivity index (χ1) is 8.67. The zero-order valence-corrected chi connectivity index (χ0v) is 12.2. The molecule has 1 unspecified atom stereocenters. The summed E-state index contributed by atoms with van der Waals surface area (Å²) in [5, 5.41) is 0. The first-order valence-corrected chi connectivity index (χ1v) is 7.25. The molecule has 0 spiro atoms. The van der Waals surface area contributed by atoms with Crippen LogP contribution in [-0.2, 0) is 0 Å². The van der Waals surface area contributed by atoms with Crippen LogP contribution in [-0.4, -0.2) is 24.5 Å². The van der Waals surface area contributed by atoms with E-state index in [9.17, 15) is 0 Å². The standard InChI is InChI=1S/C16H28N2/c1-4-11-18(12-5-2)13-10-14(3)15-6-8-16(17)9-7-15/h6-9,14H,4-5,10-13,17H2,1-3H3. The van der Waals surface area contributed by atoms with Crippen molar-refractivity contribution >= 4 is 5.69 Å². The summed E-state index contributed by atoms with van der Waals surface area (Å²) in [5.41, 5.74) is 7.97. The quantitative estimate of drug-likeness (QED) is 0.707. The first-order valence-electron chi connectivity index (χ1n) is 7.25. The molecule has 0 radical (unpaired) electrons. The molecular weight excluding hydrogens is 220 g/mol. The number of hydrogen-bond acceptors (Lipinski definition) is 2. The van der Waals surface area contributed by atoms with Crippen molar-refractivity contribution < 1.29 is 0 Å². The average Bonchev–Trinajstić information content (AvgIpc) is 2.37. The van der Waals surface area contributed by atoms with Gasteiger partial charge in [0.2, 0.25) is 0 Å². The number of nitrogens with zero attached hydrogens (tertiary/aromatic N) is 1. The highest BCUT2D eigenvalue weighted by atomic mass is 15.1. The molecule has 0 saturated carbocycles. The zero-order valence-electron chi connectivity index (χ0n) is 12.2. The molecule has 1 atom stereocenters. The van der Waals surface area contributed by atoms with E-state index in [4.69, 9.17) is 5.73 Å². The predicted molar refractivity (Wildman–Crippen MR) is 80.9 cm³/mol. The van der Waals surface area contributed by atoms with Crippen molar-refractivity contribution in [3.05, 3.63) is 29.8 Å². The van der Waals surface area contributed by atoms with Gasteiger partial charge in [0, 0.05) is 5.69 Å². The largest absolute Gasteiger partial charge is 0.399 e. The molecular formula is C16H28N2. The number of nitrogens with two attached hydrogens (primary N) is 1. The monoisotopic (exact) mass is 248 g/mol. The Morgan fingerprint density at radius 1 is 1.00 bits per heavy atom. The molecule has 1 aromatic carbocycles. The van der Waals surface area contributed by atoms with Crippen LogP contribution in [0.3, 0.4) is 0 Å². The minimum atomic E-state index is 0.613. The highest BCUT2D eigenvalue weighted by Crippen LogP contribution is 2.20. The Balaban J connectivity index is 2.43. The summed E-state index contributed by atoms with van der Waals surface area (Å²) in [7, 11) is 0. The van der Waals surface area contributed by atoms with Crippen molar-refractivity contribution in [3.8, 4) is 0 Å². The lowest BCUT2D eigenvalue weighted by Crippen LogP contribution is -2.27. The van der Waals surface area contributed by atoms with Crippen LogP contribution in [0, 0.1) is 0 Å². The van der Waals surface area contributed by atoms with Gasteiger partial charge in [-0.25, -0.2) is 0 Å². The van der Waals surface area contributed by atoms with E-state index in [2.05, 4.69) is 37.8 Å². The Morgan fingerprint density at radius 2 is 1.56 bits per heavy atom. The maximum Gasteiger partial charge on any atom is 0.0314 e. The highest BCUT2D eigenvalue weighted by molar-refractivity contribution is 5.40. The van der Waals surface area contributed by atoms with Crippen molar-refractivity contribution in [2.24, 2.45) is 0 Å². The summed E-state index contributed by atoms with van der Waals surface area (Å²) in [4.78, 5) is 2.58. The summed E-state index contributed by atoms with van der Waals surface area (Å²) in [6.07, 6.45) is 3.72. The summed E-state index contributed by atoms with van der Waals surface area (Å²) < 4.78 is 0. The van der Waals surface area contributed by atoms with E-state index in [1.807, 2.05) is 12.1 Å². The fourth-order valence-electron chi connectivity index (χ4n) is 2.34. The smallest absolute Gasteiger partial charge is 0.0314 e. The second-order valence-electron chi connectivity index (χ2n) is 5.20. The number of anilines is 1. The third-order valence-electron chi connectivity index (χ3n) is 3.46. The molecule has 0 aliphatic carbocycles. The lowest BCUT2D eigenvalue weighted by Gasteiger charge is -2.23. The van der Waals surface area contributed by atoms with Crippen molar-refractivity contribution in [3.63, 3.8) is 0 Å². The van der Waals surface area contributed by atoms with E-state index in [0.717, 1.165) is 5.69 Å². The summed E-state index contributed by atoms with van der Waals surface area (Å²) >= 11 is 0. The molecule has 0 heterocycles. The first kappa shape index (κ1) is 15.0. The molecule has 2 heteroatoms. The molecule has 0 aliphatic rings. The fraction of sp³-hybridized carbons (Fsp3) is 0.625. The van der Waals surface area contributed by atoms with E-state index in [1.54, 1.807) is 0 Å². The van der Waals surface area contributed by atoms with Crippen LogP contribution < -0.4 is 5.73 Å². The van der Waals surface area contributed by atoms with E-state index in [-0.39, 0.29) is 0 Å². The Bertz CT molecular complexity index is 312. The van der Waals surface area contributed by atoms with Gasteiger partial charge in [0.05, 0.1) is 0 Å². The van der Waals surface area contributed by atoms with Gasteiger partial charge in [0.25, 0.3) is 0 Å². The van der Waals surface area contributed by atoms with Crippen molar-refractivity contribution in [2.45, 2.75) is 46.0 Å². The highest BCUT2D eigenvalue weighted by Gasteiger charge is 2.08. The molecule has 0 aliphatic heterocycles. The Morgan fingerprint density at radius 3 is 2.06 bits per heavy atom. The number of nitrogen functional groups attached to an aromatic ring is 1. The van der Waals surface area contributed by atoms with Crippen LogP contribution >= 0.6 is 0 Å². The molecule has 1 rings (SSSR count). The van der Waals surface area contributed by atoms with Gasteiger partial charge < -0.3 is 10.6 Å². The summed E-state index contributed by atoms with van der Waals surface area (Å²) in [6, 6.07) is 8.32. The molecule has 0 saturated heterocycles. The number of hydrogen-bond donors (Lipinski definition) is 1. The molecule has 0 aromatic heterocycles. The SMILES string of the molecule is CCCN(CCC)CCC(C)c1ccc(N)cc1. The van der Waals surface area contributed by atoms with Crippen LogP contribution in [0.5, 0.6) is 0 Å². The molecule has 2 N–H and O–H groups in total. The molecule has 0 amide bonds. The maximum atomic E-state index is 5.72. The lowest BCUT2D eigenvalue weighted by molar-refractivity contribution is 0.265. The van der Waals surface area contributed by atoms with Crippen molar-refractivity contribution in [1.82, 2.24) is 4.90 Å². The van der Waals surface area contributed by atoms with E-state index >= 15 is 0 Å². The Kier molecular flexibility index (Phi) is 6.81. The number of benzene rings is 1. The normalized spacial score (nSPS) is 12.9. The predicted octanol–water partition coefficient (Wildman–Crippen LogP) is 3.88. The van der Waals surface area contributed by atoms with Crippen molar-refractivity contribution in [1.29, 1.82) is 0 Å². The van der Waals surface area contributed by atoms with Crippen LogP contribution in [0.4, 0.5) is 5.69 Å². The lowest BCUT2D eigenvalue weighted by atomic mass is 9.97. The van der Waals surface area contributed by atoms with Gasteiger partial charge in [0.1, 0.15) is 0 Å². The second kappa shape index (κ2) is 8.15. The van der Waals surface area contributed by atoms with Crippen LogP contribution in [0.25, 0.3) is 0 Å². The molecule has 1 aromatic rings. The molecule has 0 fully saturated rings. The fourth-order valence-corrected chi connectivity index (χ4v) is 2.34. The van der Waals surface area contributed by atoms with Gasteiger partial charge in [-0.15, -0.1) is 0 Å². The summed E-state index contributed by atoms with van der Waals surface area (Å²) in [6.45, 7) is 10.5. The average molecular weight is 248 g/mol. The van der Waals surface area contributed by atoms with E-state index in [0.29, 0.717) is 5.92 Å². The topological polar surface area (TPSA) is 29.3 Å². The second-order valence-corrected chi connectivity index (χ2v) is 5.20. The maximum absolute atomic E-state index is 5.72.